The summed E-state index contributed by atoms with van der Waals surface area (Å²) in [5.41, 5.74) is 4.77. The lowest BCUT2D eigenvalue weighted by atomic mass is 10.0. The highest BCUT2D eigenvalue weighted by Crippen LogP contribution is 2.12. The molecule has 0 radical (unpaired) electrons. The van der Waals surface area contributed by atoms with Gasteiger partial charge in [-0.25, -0.2) is 4.79 Å². The van der Waals surface area contributed by atoms with Gasteiger partial charge in [0.1, 0.15) is 0 Å². The Labute approximate surface area is 70.9 Å². The van der Waals surface area contributed by atoms with Crippen LogP contribution in [0.4, 0.5) is 4.79 Å². The number of β-amino-alcohol motifs (C(OH)–C–C–N with tert-alkyl or cyclic N) is 1. The van der Waals surface area contributed by atoms with Gasteiger partial charge in [-0.05, 0) is 6.42 Å². The van der Waals surface area contributed by atoms with Crippen LogP contribution in [0, 0.1) is 5.92 Å². The summed E-state index contributed by atoms with van der Waals surface area (Å²) in [6, 6.07) is 0. The lowest BCUT2D eigenvalue weighted by Gasteiger charge is -2.11. The molecule has 1 saturated heterocycles. The van der Waals surface area contributed by atoms with Crippen LogP contribution in [0.25, 0.3) is 0 Å². The highest BCUT2D eigenvalue weighted by atomic mass is 16.5. The number of hydrogen-bond acceptors (Lipinski definition) is 4. The van der Waals surface area contributed by atoms with Crippen molar-refractivity contribution in [1.82, 2.24) is 5.32 Å². The monoisotopic (exact) mass is 174 g/mol. The molecule has 1 fully saturated rings. The molecule has 1 aliphatic rings. The molecule has 1 aliphatic heterocycles. The van der Waals surface area contributed by atoms with Crippen LogP contribution >= 0.6 is 0 Å². The Balaban J connectivity index is 2.10. The first kappa shape index (κ1) is 9.28. The topological polar surface area (TPSA) is 84.6 Å². The zero-order valence-corrected chi connectivity index (χ0v) is 6.82. The average molecular weight is 174 g/mol. The number of ether oxygens (including phenoxy) is 1. The van der Waals surface area contributed by atoms with E-state index in [1.807, 2.05) is 0 Å². The van der Waals surface area contributed by atoms with E-state index in [2.05, 4.69) is 10.1 Å². The number of amides is 1. The minimum Gasteiger partial charge on any atom is -0.450 e. The lowest BCUT2D eigenvalue weighted by Crippen LogP contribution is -2.21. The van der Waals surface area contributed by atoms with Crippen molar-refractivity contribution in [3.8, 4) is 0 Å². The molecule has 0 unspecified atom stereocenters. The number of nitrogens with two attached hydrogens (primary N) is 1. The predicted molar refractivity (Wildman–Crippen MR) is 42.5 cm³/mol. The maximum absolute atomic E-state index is 10.2. The molecule has 2 atom stereocenters. The molecule has 0 aromatic rings. The second kappa shape index (κ2) is 4.27. The van der Waals surface area contributed by atoms with E-state index in [0.29, 0.717) is 19.6 Å². The van der Waals surface area contributed by atoms with Gasteiger partial charge in [0.2, 0.25) is 0 Å². The van der Waals surface area contributed by atoms with Crippen molar-refractivity contribution in [1.29, 1.82) is 0 Å². The molecule has 1 rings (SSSR count). The lowest BCUT2D eigenvalue weighted by molar-refractivity contribution is 0.112. The van der Waals surface area contributed by atoms with Crippen molar-refractivity contribution >= 4 is 6.09 Å². The number of primary amides is 1. The van der Waals surface area contributed by atoms with E-state index in [-0.39, 0.29) is 12.0 Å². The van der Waals surface area contributed by atoms with Crippen LogP contribution in [0.2, 0.25) is 0 Å². The van der Waals surface area contributed by atoms with Crippen LogP contribution in [0.3, 0.4) is 0 Å². The van der Waals surface area contributed by atoms with Crippen molar-refractivity contribution in [2.75, 3.05) is 19.7 Å². The number of hydrogen-bond donors (Lipinski definition) is 3. The summed E-state index contributed by atoms with van der Waals surface area (Å²) in [7, 11) is 0. The molecule has 70 valence electrons. The third-order valence-electron chi connectivity index (χ3n) is 2.04. The van der Waals surface area contributed by atoms with Crippen LogP contribution in [-0.2, 0) is 4.74 Å². The van der Waals surface area contributed by atoms with E-state index in [0.717, 1.165) is 6.54 Å². The number of nitrogens with one attached hydrogen (secondary N) is 1. The van der Waals surface area contributed by atoms with Gasteiger partial charge in [-0.3, -0.25) is 0 Å². The first-order chi connectivity index (χ1) is 5.70. The van der Waals surface area contributed by atoms with Crippen molar-refractivity contribution < 1.29 is 14.6 Å². The number of rotatable bonds is 3. The van der Waals surface area contributed by atoms with E-state index in [4.69, 9.17) is 5.73 Å². The van der Waals surface area contributed by atoms with Gasteiger partial charge in [0.05, 0.1) is 12.7 Å². The van der Waals surface area contributed by atoms with Gasteiger partial charge < -0.3 is 20.9 Å². The van der Waals surface area contributed by atoms with Crippen molar-refractivity contribution in [2.24, 2.45) is 11.7 Å². The van der Waals surface area contributed by atoms with Crippen molar-refractivity contribution in [3.63, 3.8) is 0 Å². The van der Waals surface area contributed by atoms with E-state index in [1.54, 1.807) is 0 Å². The van der Waals surface area contributed by atoms with Crippen LogP contribution in [0.5, 0.6) is 0 Å². The highest BCUT2D eigenvalue weighted by Gasteiger charge is 2.24. The molecular formula is C7H14N2O3. The van der Waals surface area contributed by atoms with Crippen molar-refractivity contribution in [2.45, 2.75) is 12.5 Å². The van der Waals surface area contributed by atoms with E-state index in [9.17, 15) is 9.90 Å². The molecular weight excluding hydrogens is 160 g/mol. The zero-order valence-electron chi connectivity index (χ0n) is 6.82. The Hall–Kier alpha value is -0.810. The smallest absolute Gasteiger partial charge is 0.404 e. The Morgan fingerprint density at radius 3 is 2.92 bits per heavy atom. The minimum absolute atomic E-state index is 0.185. The summed E-state index contributed by atoms with van der Waals surface area (Å²) in [4.78, 5) is 10.2. The van der Waals surface area contributed by atoms with Gasteiger partial charge in [0.25, 0.3) is 0 Å². The molecule has 1 amide bonds. The molecule has 0 aromatic heterocycles. The average Bonchev–Trinajstić information content (AvgIpc) is 2.36. The van der Waals surface area contributed by atoms with Gasteiger partial charge in [-0.1, -0.05) is 0 Å². The first-order valence-corrected chi connectivity index (χ1v) is 4.01. The van der Waals surface area contributed by atoms with Crippen LogP contribution in [0.15, 0.2) is 0 Å². The SMILES string of the molecule is NC(=O)OCC[C@H]1CNC[C@@H]1O. The Morgan fingerprint density at radius 2 is 2.42 bits per heavy atom. The summed E-state index contributed by atoms with van der Waals surface area (Å²) < 4.78 is 4.55. The van der Waals surface area contributed by atoms with Gasteiger partial charge in [0.15, 0.2) is 0 Å². The van der Waals surface area contributed by atoms with Crippen LogP contribution < -0.4 is 11.1 Å². The number of carbonyl (C=O) groups is 1. The predicted octanol–water partition coefficient (Wildman–Crippen LogP) is -0.948. The molecule has 1 heterocycles. The van der Waals surface area contributed by atoms with Gasteiger partial charge in [-0.15, -0.1) is 0 Å². The molecule has 5 nitrogen and oxygen atoms in total. The Morgan fingerprint density at radius 1 is 1.67 bits per heavy atom. The maximum Gasteiger partial charge on any atom is 0.404 e. The molecule has 0 aliphatic carbocycles. The first-order valence-electron chi connectivity index (χ1n) is 4.01. The van der Waals surface area contributed by atoms with E-state index >= 15 is 0 Å². The van der Waals surface area contributed by atoms with Crippen molar-refractivity contribution in [3.05, 3.63) is 0 Å². The molecule has 0 bridgehead atoms. The fourth-order valence-electron chi connectivity index (χ4n) is 1.32. The zero-order chi connectivity index (χ0) is 8.97. The summed E-state index contributed by atoms with van der Waals surface area (Å²) >= 11 is 0. The Bertz CT molecular complexity index is 163. The molecule has 12 heavy (non-hydrogen) atoms. The minimum atomic E-state index is -0.754. The molecule has 4 N–H and O–H groups in total. The largest absolute Gasteiger partial charge is 0.450 e. The second-order valence-corrected chi connectivity index (χ2v) is 2.94. The molecule has 0 saturated carbocycles. The van der Waals surface area contributed by atoms with Gasteiger partial charge in [0, 0.05) is 19.0 Å². The third-order valence-corrected chi connectivity index (χ3v) is 2.04. The highest BCUT2D eigenvalue weighted by molar-refractivity contribution is 5.64. The fraction of sp³-hybridized carbons (Fsp3) is 0.857. The van der Waals surface area contributed by atoms with E-state index < -0.39 is 6.09 Å². The summed E-state index contributed by atoms with van der Waals surface area (Å²) in [5, 5.41) is 12.4. The van der Waals surface area contributed by atoms with E-state index in [1.165, 1.54) is 0 Å². The number of carbonyl (C=O) groups excluding carboxylic acids is 1. The van der Waals surface area contributed by atoms with Crippen LogP contribution in [-0.4, -0.2) is 37.0 Å². The normalized spacial score (nSPS) is 28.8. The summed E-state index contributed by atoms with van der Waals surface area (Å²) in [5.74, 6) is 0.185. The Kier molecular flexibility index (Phi) is 3.31. The third kappa shape index (κ3) is 2.67. The maximum atomic E-state index is 10.2. The molecule has 5 heteroatoms. The van der Waals surface area contributed by atoms with Gasteiger partial charge in [-0.2, -0.15) is 0 Å². The molecule has 0 aromatic carbocycles. The summed E-state index contributed by atoms with van der Waals surface area (Å²) in [6.45, 7) is 1.70. The molecule has 0 spiro atoms. The summed E-state index contributed by atoms with van der Waals surface area (Å²) in [6.07, 6.45) is -0.408. The fourth-order valence-corrected chi connectivity index (χ4v) is 1.32. The number of aliphatic hydroxyl groups is 1. The number of aliphatic hydroxyl groups excluding tert-OH is 1. The quantitative estimate of drug-likeness (QED) is 0.515. The van der Waals surface area contributed by atoms with Crippen LogP contribution in [0.1, 0.15) is 6.42 Å². The second-order valence-electron chi connectivity index (χ2n) is 2.94. The standard InChI is InChI=1S/C7H14N2O3/c8-7(11)12-2-1-5-3-9-4-6(5)10/h5-6,9-10H,1-4H2,(H2,8,11)/t5-,6-/m0/s1. The van der Waals surface area contributed by atoms with Gasteiger partial charge >= 0.3 is 6.09 Å².